The Labute approximate surface area is 170 Å². The molecule has 1 aromatic heterocycles. The van der Waals surface area contributed by atoms with Crippen LogP contribution in [-0.2, 0) is 6.42 Å². The molecule has 144 valence electrons. The maximum Gasteiger partial charge on any atom is 0.271 e. The molecule has 1 heterocycles. The van der Waals surface area contributed by atoms with Crippen molar-refractivity contribution in [3.05, 3.63) is 84.2 Å². The van der Waals surface area contributed by atoms with Gasteiger partial charge in [0.05, 0.1) is 11.3 Å². The first-order chi connectivity index (χ1) is 13.7. The fourth-order valence-corrected chi connectivity index (χ4v) is 3.03. The highest BCUT2D eigenvalue weighted by molar-refractivity contribution is 7.80. The van der Waals surface area contributed by atoms with Crippen LogP contribution >= 0.6 is 12.2 Å². The zero-order valence-corrected chi connectivity index (χ0v) is 16.6. The summed E-state index contributed by atoms with van der Waals surface area (Å²) in [6.07, 6.45) is 7.24. The van der Waals surface area contributed by atoms with E-state index < -0.39 is 0 Å². The number of aromatic nitrogens is 1. The van der Waals surface area contributed by atoms with Gasteiger partial charge in [0.1, 0.15) is 0 Å². The van der Waals surface area contributed by atoms with Crippen LogP contribution in [0.2, 0.25) is 0 Å². The molecule has 5 nitrogen and oxygen atoms in total. The molecule has 0 spiro atoms. The first-order valence-corrected chi connectivity index (χ1v) is 9.77. The van der Waals surface area contributed by atoms with E-state index in [0.29, 0.717) is 10.7 Å². The Morgan fingerprint density at radius 3 is 2.39 bits per heavy atom. The van der Waals surface area contributed by atoms with Crippen LogP contribution in [0.25, 0.3) is 5.69 Å². The topological polar surface area (TPSA) is 58.1 Å². The molecule has 3 rings (SSSR count). The summed E-state index contributed by atoms with van der Waals surface area (Å²) in [7, 11) is 0. The first-order valence-electron chi connectivity index (χ1n) is 9.36. The molecule has 6 heteroatoms. The highest BCUT2D eigenvalue weighted by Gasteiger charge is 2.12. The molecule has 0 unspecified atom stereocenters. The Hall–Kier alpha value is -3.12. The Morgan fingerprint density at radius 1 is 0.964 bits per heavy atom. The molecule has 2 aromatic carbocycles. The molecule has 28 heavy (non-hydrogen) atoms. The SMILES string of the molecule is CCCCc1ccc(NC(=S)NNC(=O)c2ccccc2-n2cccc2)cc1. The number of rotatable bonds is 6. The summed E-state index contributed by atoms with van der Waals surface area (Å²) in [6.45, 7) is 2.19. The predicted octanol–water partition coefficient (Wildman–Crippen LogP) is 4.45. The zero-order chi connectivity index (χ0) is 19.8. The molecule has 0 bridgehead atoms. The summed E-state index contributed by atoms with van der Waals surface area (Å²) in [5, 5.41) is 3.40. The molecule has 3 N–H and O–H groups in total. The van der Waals surface area contributed by atoms with Crippen LogP contribution in [-0.4, -0.2) is 15.6 Å². The zero-order valence-electron chi connectivity index (χ0n) is 15.8. The number of hydrogen-bond acceptors (Lipinski definition) is 2. The van der Waals surface area contributed by atoms with E-state index in [2.05, 4.69) is 35.2 Å². The second-order valence-electron chi connectivity index (χ2n) is 6.44. The summed E-state index contributed by atoms with van der Waals surface area (Å²) in [5.74, 6) is -0.261. The lowest BCUT2D eigenvalue weighted by atomic mass is 10.1. The maximum atomic E-state index is 12.6. The molecular formula is C22H24N4OS. The minimum atomic E-state index is -0.261. The summed E-state index contributed by atoms with van der Waals surface area (Å²) >= 11 is 5.28. The van der Waals surface area contributed by atoms with E-state index in [9.17, 15) is 4.79 Å². The van der Waals surface area contributed by atoms with Gasteiger partial charge in [0, 0.05) is 18.1 Å². The molecule has 0 saturated carbocycles. The van der Waals surface area contributed by atoms with Crippen LogP contribution in [0.15, 0.2) is 73.1 Å². The molecule has 0 aliphatic rings. The third kappa shape index (κ3) is 5.20. The standard InChI is InChI=1S/C22H24N4OS/c1-2-3-8-17-11-13-18(14-12-17)23-22(28)25-24-21(27)19-9-4-5-10-20(19)26-15-6-7-16-26/h4-7,9-16H,2-3,8H2,1H3,(H,24,27)(H2,23,25,28). The Morgan fingerprint density at radius 2 is 1.68 bits per heavy atom. The second-order valence-corrected chi connectivity index (χ2v) is 6.85. The quantitative estimate of drug-likeness (QED) is 0.428. The highest BCUT2D eigenvalue weighted by Crippen LogP contribution is 2.14. The van der Waals surface area contributed by atoms with Crippen molar-refractivity contribution in [1.82, 2.24) is 15.4 Å². The number of anilines is 1. The maximum absolute atomic E-state index is 12.6. The predicted molar refractivity (Wildman–Crippen MR) is 118 cm³/mol. The number of carbonyl (C=O) groups excluding carboxylic acids is 1. The van der Waals surface area contributed by atoms with Crippen molar-refractivity contribution in [2.24, 2.45) is 0 Å². The number of para-hydroxylation sites is 1. The monoisotopic (exact) mass is 392 g/mol. The molecule has 0 aliphatic carbocycles. The molecule has 3 aromatic rings. The van der Waals surface area contributed by atoms with Crippen molar-refractivity contribution in [3.8, 4) is 5.69 Å². The number of thiocarbonyl (C=S) groups is 1. The average Bonchev–Trinajstić information content (AvgIpc) is 3.26. The van der Waals surface area contributed by atoms with Gasteiger partial charge in [0.25, 0.3) is 5.91 Å². The average molecular weight is 393 g/mol. The van der Waals surface area contributed by atoms with Gasteiger partial charge in [0.15, 0.2) is 5.11 Å². The fourth-order valence-electron chi connectivity index (χ4n) is 2.86. The molecule has 1 amide bonds. The van der Waals surface area contributed by atoms with E-state index in [4.69, 9.17) is 12.2 Å². The summed E-state index contributed by atoms with van der Waals surface area (Å²) in [5.41, 5.74) is 8.95. The van der Waals surface area contributed by atoms with Crippen LogP contribution in [0.3, 0.4) is 0 Å². The van der Waals surface area contributed by atoms with Crippen LogP contribution in [0.5, 0.6) is 0 Å². The summed E-state index contributed by atoms with van der Waals surface area (Å²) < 4.78 is 1.89. The number of amides is 1. The van der Waals surface area contributed by atoms with E-state index >= 15 is 0 Å². The van der Waals surface area contributed by atoms with Gasteiger partial charge in [-0.1, -0.05) is 37.6 Å². The number of aryl methyl sites for hydroxylation is 1. The summed E-state index contributed by atoms with van der Waals surface area (Å²) in [6, 6.07) is 19.4. The molecule has 0 radical (unpaired) electrons. The van der Waals surface area contributed by atoms with Crippen molar-refractivity contribution in [3.63, 3.8) is 0 Å². The lowest BCUT2D eigenvalue weighted by Gasteiger charge is -2.14. The Kier molecular flexibility index (Phi) is 6.81. The van der Waals surface area contributed by atoms with Crippen LogP contribution < -0.4 is 16.2 Å². The van der Waals surface area contributed by atoms with Gasteiger partial charge < -0.3 is 9.88 Å². The molecule has 0 atom stereocenters. The van der Waals surface area contributed by atoms with E-state index in [1.807, 2.05) is 59.4 Å². The van der Waals surface area contributed by atoms with E-state index in [0.717, 1.165) is 17.8 Å². The molecular weight excluding hydrogens is 368 g/mol. The first kappa shape index (κ1) is 19.6. The lowest BCUT2D eigenvalue weighted by Crippen LogP contribution is -2.44. The minimum Gasteiger partial charge on any atom is -0.331 e. The smallest absolute Gasteiger partial charge is 0.271 e. The number of hydrogen-bond donors (Lipinski definition) is 3. The van der Waals surface area contributed by atoms with Crippen molar-refractivity contribution in [2.75, 3.05) is 5.32 Å². The van der Waals surface area contributed by atoms with E-state index in [-0.39, 0.29) is 5.91 Å². The third-order valence-corrected chi connectivity index (χ3v) is 4.56. The number of hydrazine groups is 1. The normalized spacial score (nSPS) is 10.3. The number of unbranched alkanes of at least 4 members (excludes halogenated alkanes) is 1. The number of benzene rings is 2. The minimum absolute atomic E-state index is 0.261. The lowest BCUT2D eigenvalue weighted by molar-refractivity contribution is 0.0944. The van der Waals surface area contributed by atoms with Crippen LogP contribution in [0.4, 0.5) is 5.69 Å². The van der Waals surface area contributed by atoms with E-state index in [1.165, 1.54) is 18.4 Å². The van der Waals surface area contributed by atoms with Gasteiger partial charge in [-0.2, -0.15) is 0 Å². The Bertz CT molecular complexity index is 920. The largest absolute Gasteiger partial charge is 0.331 e. The van der Waals surface area contributed by atoms with Crippen molar-refractivity contribution >= 4 is 28.9 Å². The van der Waals surface area contributed by atoms with Gasteiger partial charge in [-0.05, 0) is 67.0 Å². The van der Waals surface area contributed by atoms with Crippen molar-refractivity contribution < 1.29 is 4.79 Å². The number of nitrogens with zero attached hydrogens (tertiary/aromatic N) is 1. The van der Waals surface area contributed by atoms with Crippen molar-refractivity contribution in [2.45, 2.75) is 26.2 Å². The second kappa shape index (κ2) is 9.71. The summed E-state index contributed by atoms with van der Waals surface area (Å²) in [4.78, 5) is 12.6. The number of carbonyl (C=O) groups is 1. The van der Waals surface area contributed by atoms with Crippen LogP contribution in [0.1, 0.15) is 35.7 Å². The van der Waals surface area contributed by atoms with Gasteiger partial charge in [-0.3, -0.25) is 15.6 Å². The molecule has 0 saturated heterocycles. The number of nitrogens with one attached hydrogen (secondary N) is 3. The van der Waals surface area contributed by atoms with E-state index in [1.54, 1.807) is 6.07 Å². The van der Waals surface area contributed by atoms with Gasteiger partial charge >= 0.3 is 0 Å². The molecule has 0 fully saturated rings. The van der Waals surface area contributed by atoms with Gasteiger partial charge in [-0.15, -0.1) is 0 Å². The van der Waals surface area contributed by atoms with Gasteiger partial charge in [-0.25, -0.2) is 0 Å². The third-order valence-electron chi connectivity index (χ3n) is 4.35. The van der Waals surface area contributed by atoms with Crippen molar-refractivity contribution in [1.29, 1.82) is 0 Å². The molecule has 0 aliphatic heterocycles. The fraction of sp³-hybridized carbons (Fsp3) is 0.182. The Balaban J connectivity index is 1.56. The van der Waals surface area contributed by atoms with Crippen LogP contribution in [0, 0.1) is 0 Å². The highest BCUT2D eigenvalue weighted by atomic mass is 32.1. The van der Waals surface area contributed by atoms with Gasteiger partial charge in [0.2, 0.25) is 0 Å².